The predicted molar refractivity (Wildman–Crippen MR) is 70.4 cm³/mol. The Hall–Kier alpha value is -1.70. The summed E-state index contributed by atoms with van der Waals surface area (Å²) in [5.41, 5.74) is 3.03. The molecule has 0 aliphatic carbocycles. The van der Waals surface area contributed by atoms with Crippen molar-refractivity contribution >= 4 is 0 Å². The molecule has 0 radical (unpaired) electrons. The van der Waals surface area contributed by atoms with Crippen LogP contribution in [0.1, 0.15) is 37.6 Å². The third kappa shape index (κ3) is 2.52. The second-order valence-electron chi connectivity index (χ2n) is 5.44. The summed E-state index contributed by atoms with van der Waals surface area (Å²) in [7, 11) is 0. The quantitative estimate of drug-likeness (QED) is 0.810. The largest absolute Gasteiger partial charge is 0.506 e. The maximum Gasteiger partial charge on any atom is 0.140 e. The van der Waals surface area contributed by atoms with E-state index < -0.39 is 0 Å². The van der Waals surface area contributed by atoms with Crippen LogP contribution < -0.4 is 0 Å². The van der Waals surface area contributed by atoms with Crippen LogP contribution in [0.3, 0.4) is 0 Å². The van der Waals surface area contributed by atoms with E-state index in [-0.39, 0.29) is 5.41 Å². The Morgan fingerprint density at radius 3 is 2.29 bits per heavy atom. The molecule has 1 heterocycles. The van der Waals surface area contributed by atoms with Gasteiger partial charge in [0.1, 0.15) is 5.75 Å². The van der Waals surface area contributed by atoms with Crippen LogP contribution in [0.5, 0.6) is 5.75 Å². The van der Waals surface area contributed by atoms with Gasteiger partial charge in [-0.2, -0.15) is 0 Å². The first kappa shape index (κ1) is 11.8. The molecule has 0 atom stereocenters. The molecule has 2 N–H and O–H groups in total. The zero-order valence-corrected chi connectivity index (χ0v) is 10.6. The molecular weight excluding hydrogens is 210 g/mol. The van der Waals surface area contributed by atoms with Gasteiger partial charge in [0.25, 0.3) is 0 Å². The molecule has 2 nitrogen and oxygen atoms in total. The Morgan fingerprint density at radius 1 is 1.12 bits per heavy atom. The number of aromatic amines is 1. The van der Waals surface area contributed by atoms with Crippen molar-refractivity contribution in [2.24, 2.45) is 0 Å². The van der Waals surface area contributed by atoms with E-state index in [1.807, 2.05) is 24.4 Å². The van der Waals surface area contributed by atoms with Gasteiger partial charge in [0.05, 0.1) is 5.69 Å². The van der Waals surface area contributed by atoms with E-state index in [0.717, 1.165) is 17.7 Å². The van der Waals surface area contributed by atoms with E-state index in [0.29, 0.717) is 5.75 Å². The van der Waals surface area contributed by atoms with Gasteiger partial charge in [-0.1, -0.05) is 51.1 Å². The maximum atomic E-state index is 10.2. The lowest BCUT2D eigenvalue weighted by atomic mass is 9.88. The third-order valence-corrected chi connectivity index (χ3v) is 2.96. The number of H-pyrrole nitrogens is 1. The van der Waals surface area contributed by atoms with Crippen LogP contribution in [0.25, 0.3) is 0 Å². The van der Waals surface area contributed by atoms with E-state index in [1.165, 1.54) is 5.56 Å². The SMILES string of the molecule is CC(C)(C)c1c[nH]c(Cc2ccccc2)c1O. The molecule has 1 aromatic heterocycles. The van der Waals surface area contributed by atoms with Gasteiger partial charge in [-0.25, -0.2) is 0 Å². The third-order valence-electron chi connectivity index (χ3n) is 2.96. The van der Waals surface area contributed by atoms with Gasteiger partial charge in [0, 0.05) is 18.2 Å². The molecule has 0 saturated carbocycles. The van der Waals surface area contributed by atoms with Crippen molar-refractivity contribution in [2.75, 3.05) is 0 Å². The van der Waals surface area contributed by atoms with Crippen LogP contribution in [0.2, 0.25) is 0 Å². The molecule has 2 heteroatoms. The zero-order valence-electron chi connectivity index (χ0n) is 10.6. The second-order valence-corrected chi connectivity index (χ2v) is 5.44. The number of hydrogen-bond acceptors (Lipinski definition) is 1. The van der Waals surface area contributed by atoms with Crippen LogP contribution in [0, 0.1) is 0 Å². The fraction of sp³-hybridized carbons (Fsp3) is 0.333. The Kier molecular flexibility index (Phi) is 2.97. The lowest BCUT2D eigenvalue weighted by Crippen LogP contribution is -2.09. The van der Waals surface area contributed by atoms with Gasteiger partial charge < -0.3 is 10.1 Å². The van der Waals surface area contributed by atoms with Crippen molar-refractivity contribution < 1.29 is 5.11 Å². The molecule has 0 unspecified atom stereocenters. The molecule has 2 rings (SSSR count). The molecule has 0 bridgehead atoms. The van der Waals surface area contributed by atoms with E-state index in [1.54, 1.807) is 0 Å². The fourth-order valence-corrected chi connectivity index (χ4v) is 1.97. The summed E-state index contributed by atoms with van der Waals surface area (Å²) in [6, 6.07) is 10.2. The summed E-state index contributed by atoms with van der Waals surface area (Å²) in [5, 5.41) is 10.2. The minimum Gasteiger partial charge on any atom is -0.506 e. The summed E-state index contributed by atoms with van der Waals surface area (Å²) in [6.45, 7) is 6.30. The van der Waals surface area contributed by atoms with Crippen LogP contribution in [0.15, 0.2) is 36.5 Å². The van der Waals surface area contributed by atoms with Gasteiger partial charge in [0.2, 0.25) is 0 Å². The molecule has 2 aromatic rings. The van der Waals surface area contributed by atoms with E-state index >= 15 is 0 Å². The normalized spacial score (nSPS) is 11.7. The number of aromatic hydroxyl groups is 1. The summed E-state index contributed by atoms with van der Waals surface area (Å²) in [6.07, 6.45) is 2.65. The molecule has 0 amide bonds. The van der Waals surface area contributed by atoms with Crippen molar-refractivity contribution in [1.82, 2.24) is 4.98 Å². The second kappa shape index (κ2) is 4.28. The maximum absolute atomic E-state index is 10.2. The zero-order chi connectivity index (χ0) is 12.5. The smallest absolute Gasteiger partial charge is 0.140 e. The van der Waals surface area contributed by atoms with Crippen LogP contribution in [-0.4, -0.2) is 10.1 Å². The molecule has 0 aliphatic rings. The topological polar surface area (TPSA) is 36.0 Å². The van der Waals surface area contributed by atoms with Crippen molar-refractivity contribution in [3.8, 4) is 5.75 Å². The van der Waals surface area contributed by atoms with E-state index in [2.05, 4.69) is 37.9 Å². The Balaban J connectivity index is 2.27. The number of hydrogen-bond donors (Lipinski definition) is 2. The highest BCUT2D eigenvalue weighted by atomic mass is 16.3. The van der Waals surface area contributed by atoms with Gasteiger partial charge in [0.15, 0.2) is 0 Å². The van der Waals surface area contributed by atoms with E-state index in [4.69, 9.17) is 0 Å². The minimum atomic E-state index is -0.0322. The molecule has 0 spiro atoms. The molecule has 17 heavy (non-hydrogen) atoms. The van der Waals surface area contributed by atoms with Crippen molar-refractivity contribution in [2.45, 2.75) is 32.6 Å². The first-order valence-corrected chi connectivity index (χ1v) is 5.92. The standard InChI is InChI=1S/C15H19NO/c1-15(2,3)12-10-16-13(14(12)17)9-11-7-5-4-6-8-11/h4-8,10,16-17H,9H2,1-3H3. The van der Waals surface area contributed by atoms with Gasteiger partial charge in [-0.15, -0.1) is 0 Å². The number of rotatable bonds is 2. The van der Waals surface area contributed by atoms with Crippen LogP contribution in [0.4, 0.5) is 0 Å². The Bertz CT molecular complexity index is 491. The molecule has 1 aromatic carbocycles. The Labute approximate surface area is 102 Å². The average molecular weight is 229 g/mol. The van der Waals surface area contributed by atoms with Crippen molar-refractivity contribution in [3.63, 3.8) is 0 Å². The summed E-state index contributed by atoms with van der Waals surface area (Å²) in [4.78, 5) is 3.18. The lowest BCUT2D eigenvalue weighted by Gasteiger charge is -2.17. The van der Waals surface area contributed by atoms with E-state index in [9.17, 15) is 5.11 Å². The van der Waals surface area contributed by atoms with Gasteiger partial charge >= 0.3 is 0 Å². The minimum absolute atomic E-state index is 0.0322. The summed E-state index contributed by atoms with van der Waals surface area (Å²) < 4.78 is 0. The molecule has 0 aliphatic heterocycles. The first-order chi connectivity index (χ1) is 7.98. The highest BCUT2D eigenvalue weighted by Crippen LogP contribution is 2.33. The molecule has 0 fully saturated rings. The first-order valence-electron chi connectivity index (χ1n) is 5.92. The summed E-state index contributed by atoms with van der Waals surface area (Å²) in [5.74, 6) is 0.404. The predicted octanol–water partition coefficient (Wildman–Crippen LogP) is 3.61. The average Bonchev–Trinajstić information content (AvgIpc) is 2.61. The lowest BCUT2D eigenvalue weighted by molar-refractivity contribution is 0.445. The number of aromatic nitrogens is 1. The van der Waals surface area contributed by atoms with Crippen LogP contribution in [-0.2, 0) is 11.8 Å². The van der Waals surface area contributed by atoms with Gasteiger partial charge in [-0.3, -0.25) is 0 Å². The van der Waals surface area contributed by atoms with Crippen molar-refractivity contribution in [1.29, 1.82) is 0 Å². The Morgan fingerprint density at radius 2 is 1.76 bits per heavy atom. The molecule has 90 valence electrons. The van der Waals surface area contributed by atoms with Crippen molar-refractivity contribution in [3.05, 3.63) is 53.3 Å². The molecular formula is C15H19NO. The fourth-order valence-electron chi connectivity index (χ4n) is 1.97. The van der Waals surface area contributed by atoms with Gasteiger partial charge in [-0.05, 0) is 11.0 Å². The van der Waals surface area contributed by atoms with Crippen LogP contribution >= 0.6 is 0 Å². The highest BCUT2D eigenvalue weighted by Gasteiger charge is 2.21. The number of nitrogens with one attached hydrogen (secondary N) is 1. The molecule has 0 saturated heterocycles. The summed E-state index contributed by atoms with van der Waals surface area (Å²) >= 11 is 0. The monoisotopic (exact) mass is 229 g/mol. The number of benzene rings is 1. The highest BCUT2D eigenvalue weighted by molar-refractivity contribution is 5.42.